The number of rotatable bonds is 5. The first-order valence-electron chi connectivity index (χ1n) is 10.6. The normalized spacial score (nSPS) is 14.2. The SMILES string of the molecule is Cc1ccc(NC(=O)C2(c3ccc4c(c3)nnn4C)CC2)cc1-c1cc(F)c(C(=O)O)c(F)c1. The number of fused-ring (bicyclic) bond motifs is 1. The lowest BCUT2D eigenvalue weighted by Crippen LogP contribution is -2.27. The number of nitrogens with zero attached hydrogens (tertiary/aromatic N) is 3. The minimum absolute atomic E-state index is 0.177. The highest BCUT2D eigenvalue weighted by molar-refractivity contribution is 6.02. The van der Waals surface area contributed by atoms with Gasteiger partial charge in [0.15, 0.2) is 0 Å². The van der Waals surface area contributed by atoms with Gasteiger partial charge in [-0.2, -0.15) is 0 Å². The van der Waals surface area contributed by atoms with Crippen LogP contribution in [0.1, 0.15) is 34.3 Å². The van der Waals surface area contributed by atoms with Gasteiger partial charge in [0.05, 0.1) is 10.9 Å². The van der Waals surface area contributed by atoms with Crippen LogP contribution in [0.15, 0.2) is 48.5 Å². The van der Waals surface area contributed by atoms with Gasteiger partial charge in [-0.15, -0.1) is 5.10 Å². The lowest BCUT2D eigenvalue weighted by Gasteiger charge is -2.17. The summed E-state index contributed by atoms with van der Waals surface area (Å²) in [5, 5.41) is 20.1. The molecule has 5 rings (SSSR count). The Morgan fingerprint density at radius 2 is 1.76 bits per heavy atom. The second kappa shape index (κ2) is 7.72. The van der Waals surface area contributed by atoms with Crippen LogP contribution >= 0.6 is 0 Å². The molecule has 0 aliphatic heterocycles. The van der Waals surface area contributed by atoms with Crippen LogP contribution in [0.5, 0.6) is 0 Å². The van der Waals surface area contributed by atoms with E-state index in [1.165, 1.54) is 0 Å². The van der Waals surface area contributed by atoms with Crippen molar-refractivity contribution in [2.24, 2.45) is 7.05 Å². The molecule has 172 valence electrons. The zero-order chi connectivity index (χ0) is 24.2. The van der Waals surface area contributed by atoms with Crippen LogP contribution in [0.2, 0.25) is 0 Å². The Morgan fingerprint density at radius 3 is 2.41 bits per heavy atom. The first-order chi connectivity index (χ1) is 16.2. The highest BCUT2D eigenvalue weighted by Crippen LogP contribution is 2.49. The molecule has 1 saturated carbocycles. The number of amides is 1. The van der Waals surface area contributed by atoms with Gasteiger partial charge < -0.3 is 10.4 Å². The van der Waals surface area contributed by atoms with Crippen LogP contribution in [0, 0.1) is 18.6 Å². The molecule has 1 aliphatic rings. The predicted octanol–water partition coefficient (Wildman–Crippen LogP) is 4.59. The van der Waals surface area contributed by atoms with Crippen molar-refractivity contribution in [3.63, 3.8) is 0 Å². The Morgan fingerprint density at radius 1 is 1.06 bits per heavy atom. The highest BCUT2D eigenvalue weighted by atomic mass is 19.1. The van der Waals surface area contributed by atoms with Gasteiger partial charge in [-0.3, -0.25) is 4.79 Å². The zero-order valence-corrected chi connectivity index (χ0v) is 18.4. The molecule has 4 aromatic rings. The van der Waals surface area contributed by atoms with Crippen LogP contribution in [-0.2, 0) is 17.3 Å². The summed E-state index contributed by atoms with van der Waals surface area (Å²) in [6.45, 7) is 1.76. The molecular formula is C25H20F2N4O3. The minimum Gasteiger partial charge on any atom is -0.477 e. The van der Waals surface area contributed by atoms with Crippen molar-refractivity contribution in [2.45, 2.75) is 25.2 Å². The molecule has 9 heteroatoms. The number of anilines is 1. The average molecular weight is 462 g/mol. The molecule has 1 amide bonds. The minimum atomic E-state index is -1.67. The van der Waals surface area contributed by atoms with E-state index < -0.39 is 28.6 Å². The first kappa shape index (κ1) is 21.7. The van der Waals surface area contributed by atoms with Crippen molar-refractivity contribution in [3.8, 4) is 11.1 Å². The van der Waals surface area contributed by atoms with E-state index in [4.69, 9.17) is 5.11 Å². The lowest BCUT2D eigenvalue weighted by atomic mass is 9.94. The fourth-order valence-corrected chi connectivity index (χ4v) is 4.30. The third-order valence-corrected chi connectivity index (χ3v) is 6.41. The summed E-state index contributed by atoms with van der Waals surface area (Å²) in [6.07, 6.45) is 1.38. The predicted molar refractivity (Wildman–Crippen MR) is 122 cm³/mol. The summed E-state index contributed by atoms with van der Waals surface area (Å²) in [7, 11) is 1.80. The number of hydrogen-bond donors (Lipinski definition) is 2. The molecule has 34 heavy (non-hydrogen) atoms. The van der Waals surface area contributed by atoms with Gasteiger partial charge in [-0.05, 0) is 78.4 Å². The third-order valence-electron chi connectivity index (χ3n) is 6.41. The standard InChI is InChI=1S/C25H20F2N4O3/c1-13-3-5-16(12-17(13)14-9-18(26)22(23(32)33)19(27)10-14)28-24(34)25(7-8-25)15-4-6-21-20(11-15)29-30-31(21)2/h3-6,9-12H,7-8H2,1-2H3,(H,28,34)(H,32,33). The molecule has 1 aromatic heterocycles. The Balaban J connectivity index is 1.45. The van der Waals surface area contributed by atoms with E-state index in [1.807, 2.05) is 18.2 Å². The Labute approximate surface area is 193 Å². The first-order valence-corrected chi connectivity index (χ1v) is 10.6. The maximum atomic E-state index is 14.3. The number of carboxylic acids is 1. The lowest BCUT2D eigenvalue weighted by molar-refractivity contribution is -0.118. The van der Waals surface area contributed by atoms with Gasteiger partial charge in [0.25, 0.3) is 0 Å². The van der Waals surface area contributed by atoms with E-state index in [2.05, 4.69) is 15.6 Å². The maximum Gasteiger partial charge on any atom is 0.341 e. The molecule has 0 spiro atoms. The van der Waals surface area contributed by atoms with E-state index in [-0.39, 0.29) is 11.5 Å². The van der Waals surface area contributed by atoms with Crippen LogP contribution in [0.3, 0.4) is 0 Å². The monoisotopic (exact) mass is 462 g/mol. The topological polar surface area (TPSA) is 97.1 Å². The largest absolute Gasteiger partial charge is 0.477 e. The van der Waals surface area contributed by atoms with Gasteiger partial charge in [0.2, 0.25) is 5.91 Å². The fourth-order valence-electron chi connectivity index (χ4n) is 4.30. The van der Waals surface area contributed by atoms with Crippen LogP contribution in [-0.4, -0.2) is 32.0 Å². The zero-order valence-electron chi connectivity index (χ0n) is 18.4. The average Bonchev–Trinajstić information content (AvgIpc) is 3.52. The van der Waals surface area contributed by atoms with E-state index in [0.717, 1.165) is 23.2 Å². The van der Waals surface area contributed by atoms with Crippen LogP contribution < -0.4 is 5.32 Å². The summed E-state index contributed by atoms with van der Waals surface area (Å²) in [5.74, 6) is -4.17. The molecule has 0 atom stereocenters. The third kappa shape index (κ3) is 3.49. The molecule has 1 fully saturated rings. The Hall–Kier alpha value is -4.14. The van der Waals surface area contributed by atoms with Crippen molar-refractivity contribution >= 4 is 28.6 Å². The Bertz CT molecular complexity index is 1470. The van der Waals surface area contributed by atoms with Crippen molar-refractivity contribution in [1.82, 2.24) is 15.0 Å². The van der Waals surface area contributed by atoms with Gasteiger partial charge in [-0.1, -0.05) is 17.3 Å². The number of benzene rings is 3. The quantitative estimate of drug-likeness (QED) is 0.452. The van der Waals surface area contributed by atoms with E-state index >= 15 is 0 Å². The number of aryl methyl sites for hydroxylation is 2. The molecule has 2 N–H and O–H groups in total. The molecule has 1 aliphatic carbocycles. The van der Waals surface area contributed by atoms with Crippen molar-refractivity contribution in [1.29, 1.82) is 0 Å². The molecule has 1 heterocycles. The van der Waals surface area contributed by atoms with Gasteiger partial charge in [0.1, 0.15) is 22.7 Å². The molecule has 7 nitrogen and oxygen atoms in total. The number of carboxylic acid groups (broad SMARTS) is 1. The molecular weight excluding hydrogens is 442 g/mol. The Kier molecular flexibility index (Phi) is 4.93. The summed E-state index contributed by atoms with van der Waals surface area (Å²) >= 11 is 0. The van der Waals surface area contributed by atoms with Crippen molar-refractivity contribution in [2.75, 3.05) is 5.32 Å². The number of nitrogens with one attached hydrogen (secondary N) is 1. The van der Waals surface area contributed by atoms with Crippen LogP contribution in [0.4, 0.5) is 14.5 Å². The smallest absolute Gasteiger partial charge is 0.341 e. The number of aromatic nitrogens is 3. The van der Waals surface area contributed by atoms with Gasteiger partial charge >= 0.3 is 5.97 Å². The molecule has 3 aromatic carbocycles. The van der Waals surface area contributed by atoms with Crippen molar-refractivity contribution in [3.05, 3.63) is 76.9 Å². The van der Waals surface area contributed by atoms with E-state index in [1.54, 1.807) is 36.9 Å². The van der Waals surface area contributed by atoms with Gasteiger partial charge in [-0.25, -0.2) is 18.3 Å². The second-order valence-electron chi connectivity index (χ2n) is 8.60. The van der Waals surface area contributed by atoms with E-state index in [9.17, 15) is 18.4 Å². The summed E-state index contributed by atoms with van der Waals surface area (Å²) in [6, 6.07) is 12.7. The highest BCUT2D eigenvalue weighted by Gasteiger charge is 2.51. The molecule has 0 radical (unpaired) electrons. The second-order valence-corrected chi connectivity index (χ2v) is 8.60. The molecule has 0 bridgehead atoms. The number of carbonyl (C=O) groups is 2. The summed E-state index contributed by atoms with van der Waals surface area (Å²) in [5.41, 5.74) is 2.64. The van der Waals surface area contributed by atoms with E-state index in [0.29, 0.717) is 35.2 Å². The number of halogens is 2. The maximum absolute atomic E-state index is 14.3. The summed E-state index contributed by atoms with van der Waals surface area (Å²) < 4.78 is 30.2. The number of hydrogen-bond acceptors (Lipinski definition) is 4. The number of aromatic carboxylic acids is 1. The van der Waals surface area contributed by atoms with Crippen LogP contribution in [0.25, 0.3) is 22.2 Å². The number of carbonyl (C=O) groups excluding carboxylic acids is 1. The molecule has 0 saturated heterocycles. The molecule has 0 unspecified atom stereocenters. The fraction of sp³-hybridized carbons (Fsp3) is 0.200. The van der Waals surface area contributed by atoms with Crippen molar-refractivity contribution < 1.29 is 23.5 Å². The summed E-state index contributed by atoms with van der Waals surface area (Å²) in [4.78, 5) is 24.3. The van der Waals surface area contributed by atoms with Gasteiger partial charge in [0, 0.05) is 12.7 Å².